The fourth-order valence-corrected chi connectivity index (χ4v) is 1.58. The number of phenols is 1. The highest BCUT2D eigenvalue weighted by atomic mass is 16.5. The Hall–Kier alpha value is -1.70. The van der Waals surface area contributed by atoms with Crippen molar-refractivity contribution >= 4 is 10.8 Å². The summed E-state index contributed by atoms with van der Waals surface area (Å²) in [6.45, 7) is 4.78. The maximum Gasteiger partial charge on any atom is 0.161 e. The SMILES string of the molecule is CC(C)COc1cc2ccccc2cc1O. The molecule has 16 heavy (non-hydrogen) atoms. The average Bonchev–Trinajstić information content (AvgIpc) is 2.26. The number of fused-ring (bicyclic) bond motifs is 1. The molecule has 0 radical (unpaired) electrons. The van der Waals surface area contributed by atoms with Gasteiger partial charge < -0.3 is 9.84 Å². The van der Waals surface area contributed by atoms with E-state index in [0.717, 1.165) is 10.8 Å². The Bertz CT molecular complexity index is 489. The fourth-order valence-electron chi connectivity index (χ4n) is 1.58. The molecular weight excluding hydrogens is 200 g/mol. The summed E-state index contributed by atoms with van der Waals surface area (Å²) in [5.74, 6) is 1.22. The highest BCUT2D eigenvalue weighted by Crippen LogP contribution is 2.31. The lowest BCUT2D eigenvalue weighted by Gasteiger charge is -2.11. The third-order valence-electron chi connectivity index (χ3n) is 2.40. The summed E-state index contributed by atoms with van der Waals surface area (Å²) in [6.07, 6.45) is 0. The molecule has 0 unspecified atom stereocenters. The molecule has 2 aromatic carbocycles. The third-order valence-corrected chi connectivity index (χ3v) is 2.40. The minimum atomic E-state index is 0.208. The van der Waals surface area contributed by atoms with Gasteiger partial charge in [0.2, 0.25) is 0 Å². The molecule has 0 spiro atoms. The molecule has 84 valence electrons. The van der Waals surface area contributed by atoms with Gasteiger partial charge in [-0.25, -0.2) is 0 Å². The molecule has 0 aliphatic heterocycles. The number of hydrogen-bond acceptors (Lipinski definition) is 2. The van der Waals surface area contributed by atoms with Gasteiger partial charge in [0.1, 0.15) is 0 Å². The van der Waals surface area contributed by atoms with E-state index in [4.69, 9.17) is 4.74 Å². The molecule has 0 aromatic heterocycles. The van der Waals surface area contributed by atoms with Crippen LogP contribution in [0, 0.1) is 5.92 Å². The lowest BCUT2D eigenvalue weighted by molar-refractivity contribution is 0.260. The van der Waals surface area contributed by atoms with Crippen molar-refractivity contribution in [2.24, 2.45) is 5.92 Å². The molecule has 2 rings (SSSR count). The van der Waals surface area contributed by atoms with E-state index >= 15 is 0 Å². The van der Waals surface area contributed by atoms with Crippen LogP contribution < -0.4 is 4.74 Å². The van der Waals surface area contributed by atoms with Crippen LogP contribution in [0.4, 0.5) is 0 Å². The van der Waals surface area contributed by atoms with Gasteiger partial charge in [-0.1, -0.05) is 38.1 Å². The minimum absolute atomic E-state index is 0.208. The molecule has 0 aliphatic rings. The Balaban J connectivity index is 2.34. The average molecular weight is 216 g/mol. The molecule has 0 bridgehead atoms. The maximum atomic E-state index is 9.80. The van der Waals surface area contributed by atoms with Crippen molar-refractivity contribution in [3.8, 4) is 11.5 Å². The second-order valence-electron chi connectivity index (χ2n) is 4.37. The highest BCUT2D eigenvalue weighted by molar-refractivity contribution is 5.85. The second-order valence-corrected chi connectivity index (χ2v) is 4.37. The molecule has 0 amide bonds. The van der Waals surface area contributed by atoms with E-state index in [1.54, 1.807) is 6.07 Å². The van der Waals surface area contributed by atoms with Gasteiger partial charge in [0.15, 0.2) is 11.5 Å². The summed E-state index contributed by atoms with van der Waals surface area (Å²) in [7, 11) is 0. The van der Waals surface area contributed by atoms with Gasteiger partial charge in [0.25, 0.3) is 0 Å². The summed E-state index contributed by atoms with van der Waals surface area (Å²) < 4.78 is 5.56. The largest absolute Gasteiger partial charge is 0.504 e. The van der Waals surface area contributed by atoms with Gasteiger partial charge in [-0.15, -0.1) is 0 Å². The van der Waals surface area contributed by atoms with Crippen molar-refractivity contribution in [1.29, 1.82) is 0 Å². The summed E-state index contributed by atoms with van der Waals surface area (Å²) in [5, 5.41) is 11.9. The Labute approximate surface area is 95.5 Å². The van der Waals surface area contributed by atoms with Gasteiger partial charge in [0, 0.05) is 0 Å². The molecule has 1 N–H and O–H groups in total. The number of hydrogen-bond donors (Lipinski definition) is 1. The molecule has 0 aliphatic carbocycles. The number of benzene rings is 2. The van der Waals surface area contributed by atoms with Gasteiger partial charge >= 0.3 is 0 Å². The second kappa shape index (κ2) is 4.44. The maximum absolute atomic E-state index is 9.80. The Morgan fingerprint density at radius 1 is 1.12 bits per heavy atom. The van der Waals surface area contributed by atoms with Crippen molar-refractivity contribution in [2.45, 2.75) is 13.8 Å². The van der Waals surface area contributed by atoms with Crippen LogP contribution in [0.25, 0.3) is 10.8 Å². The molecule has 0 saturated heterocycles. The molecule has 0 heterocycles. The highest BCUT2D eigenvalue weighted by Gasteiger charge is 2.05. The van der Waals surface area contributed by atoms with Crippen molar-refractivity contribution < 1.29 is 9.84 Å². The van der Waals surface area contributed by atoms with Crippen molar-refractivity contribution in [3.63, 3.8) is 0 Å². The van der Waals surface area contributed by atoms with Gasteiger partial charge in [0.05, 0.1) is 6.61 Å². The molecule has 0 saturated carbocycles. The molecule has 0 atom stereocenters. The first-order valence-electron chi connectivity index (χ1n) is 5.51. The van der Waals surface area contributed by atoms with E-state index in [-0.39, 0.29) is 5.75 Å². The number of phenolic OH excluding ortho intramolecular Hbond substituents is 1. The van der Waals surface area contributed by atoms with Crippen LogP contribution >= 0.6 is 0 Å². The van der Waals surface area contributed by atoms with Gasteiger partial charge in [-0.05, 0) is 28.8 Å². The number of ether oxygens (including phenoxy) is 1. The van der Waals surface area contributed by atoms with E-state index in [1.165, 1.54) is 0 Å². The van der Waals surface area contributed by atoms with Crippen LogP contribution in [0.5, 0.6) is 11.5 Å². The van der Waals surface area contributed by atoms with Crippen LogP contribution in [0.1, 0.15) is 13.8 Å². The van der Waals surface area contributed by atoms with Gasteiger partial charge in [-0.3, -0.25) is 0 Å². The first-order valence-corrected chi connectivity index (χ1v) is 5.51. The fraction of sp³-hybridized carbons (Fsp3) is 0.286. The van der Waals surface area contributed by atoms with Crippen LogP contribution in [-0.4, -0.2) is 11.7 Å². The summed E-state index contributed by atoms with van der Waals surface area (Å²) in [5.41, 5.74) is 0. The zero-order chi connectivity index (χ0) is 11.5. The normalized spacial score (nSPS) is 10.9. The lowest BCUT2D eigenvalue weighted by atomic mass is 10.1. The standard InChI is InChI=1S/C14H16O2/c1-10(2)9-16-14-8-12-6-4-3-5-11(12)7-13(14)15/h3-8,10,15H,9H2,1-2H3. The monoisotopic (exact) mass is 216 g/mol. The van der Waals surface area contributed by atoms with E-state index < -0.39 is 0 Å². The van der Waals surface area contributed by atoms with Crippen LogP contribution in [0.2, 0.25) is 0 Å². The molecule has 2 heteroatoms. The lowest BCUT2D eigenvalue weighted by Crippen LogP contribution is -2.04. The number of rotatable bonds is 3. The first-order chi connectivity index (χ1) is 7.66. The zero-order valence-corrected chi connectivity index (χ0v) is 9.60. The van der Waals surface area contributed by atoms with Crippen LogP contribution in [0.3, 0.4) is 0 Å². The quantitative estimate of drug-likeness (QED) is 0.849. The molecular formula is C14H16O2. The molecule has 0 fully saturated rings. The van der Waals surface area contributed by atoms with Crippen LogP contribution in [0.15, 0.2) is 36.4 Å². The van der Waals surface area contributed by atoms with E-state index in [1.807, 2.05) is 30.3 Å². The van der Waals surface area contributed by atoms with Crippen molar-refractivity contribution in [3.05, 3.63) is 36.4 Å². The molecule has 2 aromatic rings. The van der Waals surface area contributed by atoms with Gasteiger partial charge in [-0.2, -0.15) is 0 Å². The summed E-state index contributed by atoms with van der Waals surface area (Å²) in [4.78, 5) is 0. The van der Waals surface area contributed by atoms with Crippen molar-refractivity contribution in [2.75, 3.05) is 6.61 Å². The van der Waals surface area contributed by atoms with E-state index in [9.17, 15) is 5.11 Å². The van der Waals surface area contributed by atoms with E-state index in [2.05, 4.69) is 13.8 Å². The smallest absolute Gasteiger partial charge is 0.161 e. The molecule has 2 nitrogen and oxygen atoms in total. The predicted octanol–water partition coefficient (Wildman–Crippen LogP) is 3.58. The topological polar surface area (TPSA) is 29.5 Å². The predicted molar refractivity (Wildman–Crippen MR) is 65.9 cm³/mol. The Kier molecular flexibility index (Phi) is 3.00. The summed E-state index contributed by atoms with van der Waals surface area (Å²) in [6, 6.07) is 11.5. The van der Waals surface area contributed by atoms with E-state index in [0.29, 0.717) is 18.3 Å². The Morgan fingerprint density at radius 3 is 2.38 bits per heavy atom. The Morgan fingerprint density at radius 2 is 1.75 bits per heavy atom. The summed E-state index contributed by atoms with van der Waals surface area (Å²) >= 11 is 0. The minimum Gasteiger partial charge on any atom is -0.504 e. The number of aromatic hydroxyl groups is 1. The third kappa shape index (κ3) is 2.27. The zero-order valence-electron chi connectivity index (χ0n) is 9.60. The van der Waals surface area contributed by atoms with Crippen molar-refractivity contribution in [1.82, 2.24) is 0 Å². The first kappa shape index (κ1) is 10.8. The van der Waals surface area contributed by atoms with Crippen LogP contribution in [-0.2, 0) is 0 Å².